The Morgan fingerprint density at radius 2 is 2.38 bits per heavy atom. The molecule has 2 atom stereocenters. The van der Waals surface area contributed by atoms with Crippen LogP contribution in [0, 0.1) is 0 Å². The maximum absolute atomic E-state index is 10.3. The second-order valence-corrected chi connectivity index (χ2v) is 2.26. The summed E-state index contributed by atoms with van der Waals surface area (Å²) >= 11 is 0. The molecule has 0 aromatic heterocycles. The zero-order chi connectivity index (χ0) is 6.15. The van der Waals surface area contributed by atoms with Crippen molar-refractivity contribution < 1.29 is 4.79 Å². The van der Waals surface area contributed by atoms with Gasteiger partial charge in [0.25, 0.3) is 0 Å². The third-order valence-electron chi connectivity index (χ3n) is 1.42. The average molecular weight is 114 g/mol. The van der Waals surface area contributed by atoms with Gasteiger partial charge in [-0.1, -0.05) is 0 Å². The fourth-order valence-corrected chi connectivity index (χ4v) is 0.871. The normalized spacial score (nSPS) is 36.1. The Bertz CT molecular complexity index is 107. The minimum absolute atomic E-state index is 0.0509. The summed E-state index contributed by atoms with van der Waals surface area (Å²) in [7, 11) is 0. The fraction of sp³-hybridized carbons (Fsp3) is 0.800. The molecular weight excluding hydrogens is 104 g/mol. The molecule has 3 nitrogen and oxygen atoms in total. The van der Waals surface area contributed by atoms with Gasteiger partial charge < -0.3 is 11.1 Å². The standard InChI is InChI=1S/C5H10N2O/c1-3-2-4(7-3)5(6)8/h3-4,7H,2H2,1H3,(H2,6,8). The van der Waals surface area contributed by atoms with Crippen LogP contribution in [0.5, 0.6) is 0 Å². The van der Waals surface area contributed by atoms with Gasteiger partial charge in [0, 0.05) is 6.04 Å². The van der Waals surface area contributed by atoms with E-state index in [4.69, 9.17) is 5.73 Å². The van der Waals surface area contributed by atoms with Gasteiger partial charge in [-0.15, -0.1) is 0 Å². The Kier molecular flexibility index (Phi) is 1.21. The van der Waals surface area contributed by atoms with E-state index >= 15 is 0 Å². The van der Waals surface area contributed by atoms with Crippen molar-refractivity contribution in [1.29, 1.82) is 0 Å². The lowest BCUT2D eigenvalue weighted by atomic mass is 9.99. The van der Waals surface area contributed by atoms with Gasteiger partial charge in [0.05, 0.1) is 6.04 Å². The highest BCUT2D eigenvalue weighted by atomic mass is 16.1. The summed E-state index contributed by atoms with van der Waals surface area (Å²) in [6.45, 7) is 2.03. The molecule has 1 aliphatic heterocycles. The Hall–Kier alpha value is -0.570. The first kappa shape index (κ1) is 5.56. The first-order valence-corrected chi connectivity index (χ1v) is 2.75. The van der Waals surface area contributed by atoms with E-state index in [1.54, 1.807) is 0 Å². The summed E-state index contributed by atoms with van der Waals surface area (Å²) in [4.78, 5) is 10.3. The largest absolute Gasteiger partial charge is 0.368 e. The second-order valence-electron chi connectivity index (χ2n) is 2.26. The number of nitrogens with two attached hydrogens (primary N) is 1. The van der Waals surface area contributed by atoms with Gasteiger partial charge in [-0.3, -0.25) is 4.79 Å². The van der Waals surface area contributed by atoms with Gasteiger partial charge in [-0.25, -0.2) is 0 Å². The van der Waals surface area contributed by atoms with Gasteiger partial charge in [0.1, 0.15) is 0 Å². The molecule has 3 N–H and O–H groups in total. The maximum atomic E-state index is 10.3. The summed E-state index contributed by atoms with van der Waals surface area (Å²) in [5.74, 6) is -0.233. The number of primary amides is 1. The van der Waals surface area contributed by atoms with E-state index < -0.39 is 0 Å². The molecule has 8 heavy (non-hydrogen) atoms. The molecule has 1 amide bonds. The third kappa shape index (κ3) is 0.816. The lowest BCUT2D eigenvalue weighted by Gasteiger charge is -2.31. The summed E-state index contributed by atoms with van der Waals surface area (Å²) in [6, 6.07) is 0.428. The van der Waals surface area contributed by atoms with E-state index in [2.05, 4.69) is 5.32 Å². The van der Waals surface area contributed by atoms with Crippen LogP contribution in [-0.2, 0) is 4.79 Å². The quantitative estimate of drug-likeness (QED) is 0.470. The molecule has 0 aliphatic carbocycles. The number of carbonyl (C=O) groups excluding carboxylic acids is 1. The highest BCUT2D eigenvalue weighted by Crippen LogP contribution is 2.08. The average Bonchev–Trinajstić information content (AvgIpc) is 1.57. The molecule has 1 saturated heterocycles. The van der Waals surface area contributed by atoms with E-state index in [9.17, 15) is 4.79 Å². The van der Waals surface area contributed by atoms with Crippen molar-refractivity contribution in [1.82, 2.24) is 5.32 Å². The monoisotopic (exact) mass is 114 g/mol. The Morgan fingerprint density at radius 1 is 1.88 bits per heavy atom. The molecular formula is C5H10N2O. The molecule has 3 heteroatoms. The zero-order valence-electron chi connectivity index (χ0n) is 4.85. The van der Waals surface area contributed by atoms with Gasteiger partial charge in [0.15, 0.2) is 0 Å². The molecule has 0 aromatic carbocycles. The maximum Gasteiger partial charge on any atom is 0.234 e. The van der Waals surface area contributed by atoms with Crippen molar-refractivity contribution in [3.63, 3.8) is 0 Å². The summed E-state index contributed by atoms with van der Waals surface area (Å²) < 4.78 is 0. The van der Waals surface area contributed by atoms with Crippen LogP contribution in [0.25, 0.3) is 0 Å². The van der Waals surface area contributed by atoms with E-state index in [1.165, 1.54) is 0 Å². The smallest absolute Gasteiger partial charge is 0.234 e. The molecule has 1 rings (SSSR count). The summed E-state index contributed by atoms with van der Waals surface area (Å²) in [5.41, 5.74) is 4.96. The van der Waals surface area contributed by atoms with Gasteiger partial charge >= 0.3 is 0 Å². The lowest BCUT2D eigenvalue weighted by Crippen LogP contribution is -2.57. The van der Waals surface area contributed by atoms with Crippen molar-refractivity contribution in [3.05, 3.63) is 0 Å². The topological polar surface area (TPSA) is 55.1 Å². The molecule has 2 unspecified atom stereocenters. The van der Waals surface area contributed by atoms with E-state index in [-0.39, 0.29) is 11.9 Å². The second kappa shape index (κ2) is 1.74. The Balaban J connectivity index is 2.25. The molecule has 1 fully saturated rings. The highest BCUT2D eigenvalue weighted by molar-refractivity contribution is 5.80. The van der Waals surface area contributed by atoms with E-state index in [0.717, 1.165) is 6.42 Å². The number of amides is 1. The van der Waals surface area contributed by atoms with Crippen LogP contribution < -0.4 is 11.1 Å². The van der Waals surface area contributed by atoms with Crippen LogP contribution in [0.3, 0.4) is 0 Å². The van der Waals surface area contributed by atoms with Crippen molar-refractivity contribution in [3.8, 4) is 0 Å². The summed E-state index contributed by atoms with van der Waals surface area (Å²) in [5, 5.41) is 2.97. The van der Waals surface area contributed by atoms with Gasteiger partial charge in [-0.2, -0.15) is 0 Å². The molecule has 0 spiro atoms. The number of hydrogen-bond donors (Lipinski definition) is 2. The minimum Gasteiger partial charge on any atom is -0.368 e. The SMILES string of the molecule is CC1CC(C(N)=O)N1. The Morgan fingerprint density at radius 3 is 2.50 bits per heavy atom. The van der Waals surface area contributed by atoms with Crippen molar-refractivity contribution in [2.75, 3.05) is 0 Å². The first-order chi connectivity index (χ1) is 3.70. The van der Waals surface area contributed by atoms with Crippen LogP contribution in [0.15, 0.2) is 0 Å². The highest BCUT2D eigenvalue weighted by Gasteiger charge is 2.28. The number of carbonyl (C=O) groups is 1. The first-order valence-electron chi connectivity index (χ1n) is 2.75. The number of nitrogens with one attached hydrogen (secondary N) is 1. The Labute approximate surface area is 48.2 Å². The summed E-state index contributed by atoms with van der Waals surface area (Å²) in [6.07, 6.45) is 0.898. The molecule has 0 radical (unpaired) electrons. The van der Waals surface area contributed by atoms with Crippen molar-refractivity contribution in [2.45, 2.75) is 25.4 Å². The van der Waals surface area contributed by atoms with Crippen molar-refractivity contribution in [2.24, 2.45) is 5.73 Å². The van der Waals surface area contributed by atoms with Crippen LogP contribution in [0.2, 0.25) is 0 Å². The molecule has 0 bridgehead atoms. The van der Waals surface area contributed by atoms with Gasteiger partial charge in [0.2, 0.25) is 5.91 Å². The van der Waals surface area contributed by atoms with Crippen LogP contribution in [0.4, 0.5) is 0 Å². The third-order valence-corrected chi connectivity index (χ3v) is 1.42. The number of rotatable bonds is 1. The number of hydrogen-bond acceptors (Lipinski definition) is 2. The zero-order valence-corrected chi connectivity index (χ0v) is 4.85. The van der Waals surface area contributed by atoms with Gasteiger partial charge in [-0.05, 0) is 13.3 Å². The predicted molar refractivity (Wildman–Crippen MR) is 30.2 cm³/mol. The molecule has 1 heterocycles. The minimum atomic E-state index is -0.233. The molecule has 1 aliphatic rings. The molecule has 46 valence electrons. The van der Waals surface area contributed by atoms with Crippen molar-refractivity contribution >= 4 is 5.91 Å². The lowest BCUT2D eigenvalue weighted by molar-refractivity contribution is -0.122. The predicted octanol–water partition coefficient (Wildman–Crippen LogP) is -0.778. The van der Waals surface area contributed by atoms with Crippen LogP contribution in [0.1, 0.15) is 13.3 Å². The van der Waals surface area contributed by atoms with Crippen LogP contribution >= 0.6 is 0 Å². The molecule has 0 saturated carbocycles. The van der Waals surface area contributed by atoms with E-state index in [0.29, 0.717) is 6.04 Å². The van der Waals surface area contributed by atoms with E-state index in [1.807, 2.05) is 6.92 Å². The fourth-order valence-electron chi connectivity index (χ4n) is 0.871. The molecule has 0 aromatic rings. The van der Waals surface area contributed by atoms with Crippen LogP contribution in [-0.4, -0.2) is 18.0 Å².